The molecule has 0 aliphatic carbocycles. The molecular weight excluding hydrogens is 330 g/mol. The summed E-state index contributed by atoms with van der Waals surface area (Å²) < 4.78 is 13.2. The van der Waals surface area contributed by atoms with E-state index in [-0.39, 0.29) is 0 Å². The summed E-state index contributed by atoms with van der Waals surface area (Å²) in [6, 6.07) is 6.72. The second-order valence-corrected chi connectivity index (χ2v) is 6.88. The Morgan fingerprint density at radius 2 is 1.95 bits per heavy atom. The van der Waals surface area contributed by atoms with Crippen LogP contribution in [0.2, 0.25) is 0 Å². The summed E-state index contributed by atoms with van der Waals surface area (Å²) in [5.74, 6) is 1.02. The molecule has 0 radical (unpaired) electrons. The smallest absolute Gasteiger partial charge is 0.125 e. The first-order chi connectivity index (χ1) is 10.3. The molecule has 21 heavy (non-hydrogen) atoms. The van der Waals surface area contributed by atoms with Crippen LogP contribution >= 0.6 is 15.9 Å². The predicted molar refractivity (Wildman–Crippen MR) is 87.8 cm³/mol. The SMILES string of the molecule is Brc1ccc2c(c1)OCCCCCCO[C@H]1CCN[C@H]2C1. The maximum Gasteiger partial charge on any atom is 0.125 e. The third-order valence-corrected chi connectivity index (χ3v) is 4.85. The Hall–Kier alpha value is -0.580. The molecule has 2 aliphatic rings. The molecule has 1 fully saturated rings. The average Bonchev–Trinajstić information content (AvgIpc) is 2.50. The number of benzene rings is 1. The van der Waals surface area contributed by atoms with Gasteiger partial charge in [-0.3, -0.25) is 0 Å². The van der Waals surface area contributed by atoms with Crippen LogP contribution in [0.15, 0.2) is 22.7 Å². The topological polar surface area (TPSA) is 30.5 Å². The number of nitrogens with one attached hydrogen (secondary N) is 1. The van der Waals surface area contributed by atoms with Crippen molar-refractivity contribution in [1.82, 2.24) is 5.32 Å². The number of fused-ring (bicyclic) bond motifs is 4. The Labute approximate surface area is 135 Å². The Morgan fingerprint density at radius 3 is 2.86 bits per heavy atom. The van der Waals surface area contributed by atoms with E-state index in [2.05, 4.69) is 39.4 Å². The Morgan fingerprint density at radius 1 is 1.10 bits per heavy atom. The summed E-state index contributed by atoms with van der Waals surface area (Å²) in [6.45, 7) is 2.73. The Bertz CT molecular complexity index is 466. The van der Waals surface area contributed by atoms with E-state index in [0.717, 1.165) is 49.2 Å². The van der Waals surface area contributed by atoms with Gasteiger partial charge in [0, 0.05) is 22.7 Å². The molecular formula is C17H24BrNO2. The fraction of sp³-hybridized carbons (Fsp3) is 0.647. The van der Waals surface area contributed by atoms with Crippen LogP contribution < -0.4 is 10.1 Å². The van der Waals surface area contributed by atoms with Crippen molar-refractivity contribution >= 4 is 15.9 Å². The van der Waals surface area contributed by atoms with Crippen LogP contribution in [0, 0.1) is 0 Å². The molecule has 1 N–H and O–H groups in total. The van der Waals surface area contributed by atoms with Crippen molar-refractivity contribution in [3.05, 3.63) is 28.2 Å². The zero-order chi connectivity index (χ0) is 14.5. The number of hydrogen-bond acceptors (Lipinski definition) is 3. The summed E-state index contributed by atoms with van der Waals surface area (Å²) >= 11 is 3.55. The highest BCUT2D eigenvalue weighted by molar-refractivity contribution is 9.10. The number of hydrogen-bond donors (Lipinski definition) is 1. The maximum atomic E-state index is 6.08. The fourth-order valence-electron chi connectivity index (χ4n) is 3.18. The van der Waals surface area contributed by atoms with Crippen LogP contribution in [-0.2, 0) is 4.74 Å². The first-order valence-corrected chi connectivity index (χ1v) is 8.89. The number of rotatable bonds is 0. The van der Waals surface area contributed by atoms with E-state index in [9.17, 15) is 0 Å². The minimum Gasteiger partial charge on any atom is -0.493 e. The van der Waals surface area contributed by atoms with Crippen LogP contribution in [0.3, 0.4) is 0 Å². The third kappa shape index (κ3) is 4.21. The lowest BCUT2D eigenvalue weighted by Gasteiger charge is -2.31. The second kappa shape index (κ2) is 7.61. The molecule has 2 heterocycles. The molecule has 0 aromatic heterocycles. The zero-order valence-corrected chi connectivity index (χ0v) is 14.0. The van der Waals surface area contributed by atoms with E-state index < -0.39 is 0 Å². The van der Waals surface area contributed by atoms with Gasteiger partial charge in [-0.05, 0) is 50.8 Å². The highest BCUT2D eigenvalue weighted by atomic mass is 79.9. The summed E-state index contributed by atoms with van der Waals surface area (Å²) in [6.07, 6.45) is 7.29. The molecule has 2 aliphatic heterocycles. The molecule has 1 aromatic carbocycles. The van der Waals surface area contributed by atoms with Crippen LogP contribution in [0.5, 0.6) is 5.75 Å². The van der Waals surface area contributed by atoms with Gasteiger partial charge in [-0.2, -0.15) is 0 Å². The normalized spacial score (nSPS) is 27.5. The summed E-state index contributed by atoms with van der Waals surface area (Å²) in [4.78, 5) is 0. The Balaban J connectivity index is 1.82. The van der Waals surface area contributed by atoms with Gasteiger partial charge in [-0.1, -0.05) is 28.4 Å². The van der Waals surface area contributed by atoms with E-state index >= 15 is 0 Å². The number of halogens is 1. The zero-order valence-electron chi connectivity index (χ0n) is 12.4. The fourth-order valence-corrected chi connectivity index (χ4v) is 3.52. The Kier molecular flexibility index (Phi) is 5.55. The monoisotopic (exact) mass is 353 g/mol. The molecule has 116 valence electrons. The highest BCUT2D eigenvalue weighted by Crippen LogP contribution is 2.34. The molecule has 4 heteroatoms. The summed E-state index contributed by atoms with van der Waals surface area (Å²) in [5, 5.41) is 3.62. The van der Waals surface area contributed by atoms with Gasteiger partial charge < -0.3 is 14.8 Å². The molecule has 0 saturated carbocycles. The first-order valence-electron chi connectivity index (χ1n) is 8.10. The van der Waals surface area contributed by atoms with E-state index in [1.807, 2.05) is 0 Å². The van der Waals surface area contributed by atoms with E-state index in [1.54, 1.807) is 0 Å². The maximum absolute atomic E-state index is 6.08. The van der Waals surface area contributed by atoms with Gasteiger partial charge in [-0.25, -0.2) is 0 Å². The van der Waals surface area contributed by atoms with Crippen LogP contribution in [0.1, 0.15) is 50.1 Å². The van der Waals surface area contributed by atoms with Gasteiger partial charge >= 0.3 is 0 Å². The molecule has 3 rings (SSSR count). The lowest BCUT2D eigenvalue weighted by Crippen LogP contribution is -2.36. The summed E-state index contributed by atoms with van der Waals surface area (Å²) in [7, 11) is 0. The standard InChI is InChI=1S/C17H24BrNO2/c18-13-5-6-15-16-12-14(7-8-19-16)20-9-3-1-2-4-10-21-17(15)11-13/h5-6,11,14,16,19H,1-4,7-10,12H2/t14-,16-/m0/s1. The van der Waals surface area contributed by atoms with E-state index in [4.69, 9.17) is 9.47 Å². The molecule has 0 amide bonds. The summed E-state index contributed by atoms with van der Waals surface area (Å²) in [5.41, 5.74) is 1.27. The van der Waals surface area contributed by atoms with Gasteiger partial charge in [0.25, 0.3) is 0 Å². The van der Waals surface area contributed by atoms with Crippen molar-refractivity contribution in [1.29, 1.82) is 0 Å². The van der Waals surface area contributed by atoms with Gasteiger partial charge in [0.2, 0.25) is 0 Å². The number of piperidine rings is 1. The number of ether oxygens (including phenoxy) is 2. The second-order valence-electron chi connectivity index (χ2n) is 5.97. The minimum absolute atomic E-state index is 0.340. The van der Waals surface area contributed by atoms with E-state index in [0.29, 0.717) is 12.1 Å². The van der Waals surface area contributed by atoms with Crippen molar-refractivity contribution in [2.24, 2.45) is 0 Å². The van der Waals surface area contributed by atoms with E-state index in [1.165, 1.54) is 24.8 Å². The molecule has 2 atom stereocenters. The first kappa shape index (κ1) is 15.3. The highest BCUT2D eigenvalue weighted by Gasteiger charge is 2.25. The van der Waals surface area contributed by atoms with Crippen LogP contribution in [0.4, 0.5) is 0 Å². The van der Waals surface area contributed by atoms with Crippen molar-refractivity contribution in [3.8, 4) is 5.75 Å². The van der Waals surface area contributed by atoms with Gasteiger partial charge in [0.05, 0.1) is 12.7 Å². The quantitative estimate of drug-likeness (QED) is 0.757. The van der Waals surface area contributed by atoms with Crippen LogP contribution in [0.25, 0.3) is 0 Å². The lowest BCUT2D eigenvalue weighted by molar-refractivity contribution is 0.0198. The molecule has 1 saturated heterocycles. The third-order valence-electron chi connectivity index (χ3n) is 4.36. The van der Waals surface area contributed by atoms with Gasteiger partial charge in [0.1, 0.15) is 5.75 Å². The molecule has 1 aromatic rings. The van der Waals surface area contributed by atoms with Gasteiger partial charge in [0.15, 0.2) is 0 Å². The average molecular weight is 354 g/mol. The molecule has 0 unspecified atom stereocenters. The molecule has 3 nitrogen and oxygen atoms in total. The van der Waals surface area contributed by atoms with Crippen LogP contribution in [-0.4, -0.2) is 25.9 Å². The largest absolute Gasteiger partial charge is 0.493 e. The van der Waals surface area contributed by atoms with Crippen molar-refractivity contribution in [3.63, 3.8) is 0 Å². The van der Waals surface area contributed by atoms with Crippen molar-refractivity contribution < 1.29 is 9.47 Å². The van der Waals surface area contributed by atoms with Crippen molar-refractivity contribution in [2.75, 3.05) is 19.8 Å². The lowest BCUT2D eigenvalue weighted by atomic mass is 9.94. The molecule has 2 bridgehead atoms. The molecule has 0 spiro atoms. The van der Waals surface area contributed by atoms with Gasteiger partial charge in [-0.15, -0.1) is 0 Å². The predicted octanol–water partition coefficient (Wildman–Crippen LogP) is 4.21. The minimum atomic E-state index is 0.340. The van der Waals surface area contributed by atoms with Crippen molar-refractivity contribution in [2.45, 2.75) is 50.7 Å².